The van der Waals surface area contributed by atoms with Gasteiger partial charge in [-0.2, -0.15) is 0 Å². The molecule has 2 amide bonds. The summed E-state index contributed by atoms with van der Waals surface area (Å²) in [5.41, 5.74) is 1.56. The van der Waals surface area contributed by atoms with Crippen LogP contribution in [0.2, 0.25) is 0 Å². The Morgan fingerprint density at radius 2 is 1.69 bits per heavy atom. The molecule has 2 N–H and O–H groups in total. The number of anilines is 1. The van der Waals surface area contributed by atoms with Crippen molar-refractivity contribution in [2.75, 3.05) is 32.1 Å². The second-order valence-corrected chi connectivity index (χ2v) is 7.30. The van der Waals surface area contributed by atoms with Crippen LogP contribution in [0.5, 0.6) is 5.75 Å². The highest BCUT2D eigenvalue weighted by Gasteiger charge is 2.25. The molecule has 6 heteroatoms. The second kappa shape index (κ2) is 11.1. The summed E-state index contributed by atoms with van der Waals surface area (Å²) in [7, 11) is 3.55. The van der Waals surface area contributed by atoms with Crippen molar-refractivity contribution in [1.29, 1.82) is 0 Å². The molecule has 0 fully saturated rings. The Hall–Kier alpha value is -3.02. The Kier molecular flexibility index (Phi) is 8.52. The van der Waals surface area contributed by atoms with Gasteiger partial charge in [0.2, 0.25) is 5.91 Å². The van der Waals surface area contributed by atoms with E-state index in [2.05, 4.69) is 27.7 Å². The van der Waals surface area contributed by atoms with Crippen LogP contribution >= 0.6 is 0 Å². The Bertz CT molecular complexity index is 793. The fourth-order valence-corrected chi connectivity index (χ4v) is 3.04. The van der Waals surface area contributed by atoms with Gasteiger partial charge >= 0.3 is 0 Å². The SMILES string of the molecule is COc1ccccc1C(=O)NC(C(=O)NCCCN(C)c1ccccc1)C(C)C. The van der Waals surface area contributed by atoms with Gasteiger partial charge in [-0.05, 0) is 36.6 Å². The molecule has 0 aromatic heterocycles. The molecule has 0 heterocycles. The molecule has 0 aliphatic carbocycles. The number of para-hydroxylation sites is 2. The molecule has 156 valence electrons. The maximum Gasteiger partial charge on any atom is 0.255 e. The third-order valence-electron chi connectivity index (χ3n) is 4.75. The summed E-state index contributed by atoms with van der Waals surface area (Å²) in [5.74, 6) is -0.0526. The zero-order valence-electron chi connectivity index (χ0n) is 17.6. The smallest absolute Gasteiger partial charge is 0.255 e. The van der Waals surface area contributed by atoms with Crippen LogP contribution in [-0.2, 0) is 4.79 Å². The summed E-state index contributed by atoms with van der Waals surface area (Å²) >= 11 is 0. The molecular formula is C23H31N3O3. The van der Waals surface area contributed by atoms with E-state index in [-0.39, 0.29) is 17.7 Å². The van der Waals surface area contributed by atoms with Crippen molar-refractivity contribution in [3.05, 3.63) is 60.2 Å². The number of nitrogens with one attached hydrogen (secondary N) is 2. The average molecular weight is 398 g/mol. The Morgan fingerprint density at radius 1 is 1.03 bits per heavy atom. The number of carbonyl (C=O) groups excluding carboxylic acids is 2. The summed E-state index contributed by atoms with van der Waals surface area (Å²) in [6.07, 6.45) is 0.808. The molecule has 29 heavy (non-hydrogen) atoms. The van der Waals surface area contributed by atoms with Crippen molar-refractivity contribution < 1.29 is 14.3 Å². The van der Waals surface area contributed by atoms with Gasteiger partial charge in [-0.1, -0.05) is 44.2 Å². The fraction of sp³-hybridized carbons (Fsp3) is 0.391. The molecule has 0 bridgehead atoms. The first-order chi connectivity index (χ1) is 13.9. The first-order valence-electron chi connectivity index (χ1n) is 9.91. The topological polar surface area (TPSA) is 70.7 Å². The lowest BCUT2D eigenvalue weighted by Gasteiger charge is -2.23. The quantitative estimate of drug-likeness (QED) is 0.605. The lowest BCUT2D eigenvalue weighted by atomic mass is 10.0. The molecule has 0 spiro atoms. The molecule has 0 radical (unpaired) electrons. The highest BCUT2D eigenvalue weighted by Crippen LogP contribution is 2.17. The number of nitrogens with zero attached hydrogens (tertiary/aromatic N) is 1. The largest absolute Gasteiger partial charge is 0.496 e. The van der Waals surface area contributed by atoms with Crippen LogP contribution in [0.25, 0.3) is 0 Å². The molecule has 6 nitrogen and oxygen atoms in total. The van der Waals surface area contributed by atoms with Gasteiger partial charge in [-0.15, -0.1) is 0 Å². The van der Waals surface area contributed by atoms with E-state index >= 15 is 0 Å². The number of carbonyl (C=O) groups is 2. The number of ether oxygens (including phenoxy) is 1. The first-order valence-corrected chi connectivity index (χ1v) is 9.91. The Balaban J connectivity index is 1.86. The number of hydrogen-bond donors (Lipinski definition) is 2. The lowest BCUT2D eigenvalue weighted by Crippen LogP contribution is -2.50. The van der Waals surface area contributed by atoms with E-state index in [1.54, 1.807) is 24.3 Å². The predicted octanol–water partition coefficient (Wildman–Crippen LogP) is 3.09. The summed E-state index contributed by atoms with van der Waals surface area (Å²) in [6.45, 7) is 5.19. The van der Waals surface area contributed by atoms with Crippen molar-refractivity contribution in [3.63, 3.8) is 0 Å². The highest BCUT2D eigenvalue weighted by atomic mass is 16.5. The molecule has 1 atom stereocenters. The van der Waals surface area contributed by atoms with E-state index in [1.165, 1.54) is 7.11 Å². The molecule has 0 aliphatic heterocycles. The predicted molar refractivity (Wildman–Crippen MR) is 116 cm³/mol. The van der Waals surface area contributed by atoms with E-state index in [1.807, 2.05) is 39.1 Å². The van der Waals surface area contributed by atoms with Crippen molar-refractivity contribution in [1.82, 2.24) is 10.6 Å². The lowest BCUT2D eigenvalue weighted by molar-refractivity contribution is -0.123. The van der Waals surface area contributed by atoms with Crippen molar-refractivity contribution in [2.24, 2.45) is 5.92 Å². The molecule has 2 aromatic carbocycles. The van der Waals surface area contributed by atoms with Crippen LogP contribution in [0.4, 0.5) is 5.69 Å². The Labute approximate surface area is 173 Å². The van der Waals surface area contributed by atoms with Crippen LogP contribution in [0, 0.1) is 5.92 Å². The first kappa shape index (κ1) is 22.3. The van der Waals surface area contributed by atoms with Gasteiger partial charge in [-0.3, -0.25) is 9.59 Å². The maximum absolute atomic E-state index is 12.6. The van der Waals surface area contributed by atoms with Gasteiger partial charge in [0, 0.05) is 25.8 Å². The molecular weight excluding hydrogens is 366 g/mol. The number of benzene rings is 2. The third kappa shape index (κ3) is 6.52. The number of rotatable bonds is 10. The average Bonchev–Trinajstić information content (AvgIpc) is 2.74. The third-order valence-corrected chi connectivity index (χ3v) is 4.75. The monoisotopic (exact) mass is 397 g/mol. The van der Waals surface area contributed by atoms with Crippen LogP contribution in [-0.4, -0.2) is 45.1 Å². The van der Waals surface area contributed by atoms with Crippen molar-refractivity contribution >= 4 is 17.5 Å². The van der Waals surface area contributed by atoms with E-state index in [0.29, 0.717) is 17.9 Å². The van der Waals surface area contributed by atoms with Crippen molar-refractivity contribution in [3.8, 4) is 5.75 Å². The summed E-state index contributed by atoms with van der Waals surface area (Å²) < 4.78 is 5.24. The Morgan fingerprint density at radius 3 is 2.34 bits per heavy atom. The van der Waals surface area contributed by atoms with E-state index in [4.69, 9.17) is 4.74 Å². The van der Waals surface area contributed by atoms with Gasteiger partial charge in [-0.25, -0.2) is 0 Å². The summed E-state index contributed by atoms with van der Waals surface area (Å²) in [5, 5.41) is 5.79. The number of hydrogen-bond acceptors (Lipinski definition) is 4. The van der Waals surface area contributed by atoms with Crippen LogP contribution in [0.15, 0.2) is 54.6 Å². The van der Waals surface area contributed by atoms with Crippen LogP contribution in [0.1, 0.15) is 30.6 Å². The van der Waals surface area contributed by atoms with Crippen LogP contribution in [0.3, 0.4) is 0 Å². The minimum atomic E-state index is -0.612. The number of methoxy groups -OCH3 is 1. The highest BCUT2D eigenvalue weighted by molar-refractivity contribution is 5.99. The minimum absolute atomic E-state index is 0.0411. The molecule has 2 rings (SSSR count). The van der Waals surface area contributed by atoms with Gasteiger partial charge in [0.15, 0.2) is 0 Å². The molecule has 0 saturated carbocycles. The molecule has 0 aliphatic rings. The molecule has 1 unspecified atom stereocenters. The molecule has 2 aromatic rings. The van der Waals surface area contributed by atoms with E-state index in [9.17, 15) is 9.59 Å². The van der Waals surface area contributed by atoms with Crippen LogP contribution < -0.4 is 20.3 Å². The van der Waals surface area contributed by atoms with Gasteiger partial charge in [0.05, 0.1) is 12.7 Å². The van der Waals surface area contributed by atoms with Gasteiger partial charge in [0.1, 0.15) is 11.8 Å². The van der Waals surface area contributed by atoms with Gasteiger partial charge in [0.25, 0.3) is 5.91 Å². The summed E-state index contributed by atoms with van der Waals surface area (Å²) in [4.78, 5) is 27.4. The number of amides is 2. The zero-order valence-corrected chi connectivity index (χ0v) is 17.6. The van der Waals surface area contributed by atoms with E-state index < -0.39 is 6.04 Å². The van der Waals surface area contributed by atoms with Gasteiger partial charge < -0.3 is 20.3 Å². The van der Waals surface area contributed by atoms with E-state index in [0.717, 1.165) is 18.7 Å². The zero-order chi connectivity index (χ0) is 21.2. The normalized spacial score (nSPS) is 11.6. The standard InChI is InChI=1S/C23H31N3O3/c1-17(2)21(25-22(27)19-13-8-9-14-20(19)29-4)23(28)24-15-10-16-26(3)18-11-6-5-7-12-18/h5-9,11-14,17,21H,10,15-16H2,1-4H3,(H,24,28)(H,25,27). The summed E-state index contributed by atoms with van der Waals surface area (Å²) in [6, 6.07) is 16.5. The van der Waals surface area contributed by atoms with Crippen molar-refractivity contribution in [2.45, 2.75) is 26.3 Å². The fourth-order valence-electron chi connectivity index (χ4n) is 3.04. The second-order valence-electron chi connectivity index (χ2n) is 7.30. The minimum Gasteiger partial charge on any atom is -0.496 e. The maximum atomic E-state index is 12.6. The molecule has 0 saturated heterocycles.